The van der Waals surface area contributed by atoms with Crippen LogP contribution in [0.2, 0.25) is 0 Å². The van der Waals surface area contributed by atoms with Crippen LogP contribution < -0.4 is 0 Å². The molecular formula is C6H14O6S3. The van der Waals surface area contributed by atoms with Crippen molar-refractivity contribution in [1.29, 1.82) is 0 Å². The Bertz CT molecular complexity index is 457. The average Bonchev–Trinajstić information content (AvgIpc) is 1.76. The van der Waals surface area contributed by atoms with Gasteiger partial charge in [-0.2, -0.15) is 0 Å². The fourth-order valence-corrected chi connectivity index (χ4v) is 9.78. The van der Waals surface area contributed by atoms with E-state index in [1.165, 1.54) is 6.92 Å². The number of rotatable bonds is 4. The van der Waals surface area contributed by atoms with E-state index in [2.05, 4.69) is 0 Å². The zero-order chi connectivity index (χ0) is 12.7. The molecule has 0 radical (unpaired) electrons. The van der Waals surface area contributed by atoms with Crippen molar-refractivity contribution in [1.82, 2.24) is 0 Å². The van der Waals surface area contributed by atoms with Gasteiger partial charge in [0.25, 0.3) is 3.41 Å². The van der Waals surface area contributed by atoms with Crippen LogP contribution in [0.1, 0.15) is 13.3 Å². The maximum atomic E-state index is 11.4. The normalized spacial score (nSPS) is 15.2. The molecule has 0 saturated carbocycles. The summed E-state index contributed by atoms with van der Waals surface area (Å²) < 4.78 is 65.8. The fraction of sp³-hybridized carbons (Fsp3) is 1.00. The van der Waals surface area contributed by atoms with E-state index in [1.807, 2.05) is 0 Å². The Morgan fingerprint density at radius 2 is 0.933 bits per heavy atom. The first-order chi connectivity index (χ1) is 6.31. The molecule has 0 aliphatic heterocycles. The van der Waals surface area contributed by atoms with E-state index in [4.69, 9.17) is 0 Å². The van der Waals surface area contributed by atoms with Gasteiger partial charge in [-0.05, 0) is 6.42 Å². The number of sulfone groups is 3. The van der Waals surface area contributed by atoms with Crippen LogP contribution >= 0.6 is 0 Å². The Balaban J connectivity index is 6.58. The van der Waals surface area contributed by atoms with Gasteiger partial charge in [0, 0.05) is 18.8 Å². The Morgan fingerprint density at radius 1 is 0.733 bits per heavy atom. The summed E-state index contributed by atoms with van der Waals surface area (Å²) in [6, 6.07) is 0. The molecule has 9 heteroatoms. The van der Waals surface area contributed by atoms with Crippen LogP contribution in [0.25, 0.3) is 0 Å². The van der Waals surface area contributed by atoms with Gasteiger partial charge in [-0.1, -0.05) is 6.92 Å². The van der Waals surface area contributed by atoms with Crippen molar-refractivity contribution in [2.45, 2.75) is 16.8 Å². The summed E-state index contributed by atoms with van der Waals surface area (Å²) in [5, 5.41) is 0. The molecule has 0 aromatic rings. The molecule has 0 aromatic carbocycles. The summed E-state index contributed by atoms with van der Waals surface area (Å²) in [4.78, 5) is 0. The summed E-state index contributed by atoms with van der Waals surface area (Å²) in [7, 11) is -12.8. The number of hydrogen-bond acceptors (Lipinski definition) is 6. The van der Waals surface area contributed by atoms with Crippen LogP contribution in [-0.2, 0) is 29.5 Å². The summed E-state index contributed by atoms with van der Waals surface area (Å²) in [5.74, 6) is 0. The highest BCUT2D eigenvalue weighted by Gasteiger charge is 2.57. The summed E-state index contributed by atoms with van der Waals surface area (Å²) in [6.45, 7) is 1.21. The smallest absolute Gasteiger partial charge is 0.226 e. The lowest BCUT2D eigenvalue weighted by Crippen LogP contribution is -2.51. The standard InChI is InChI=1S/C6H14O6S3/c1-5-6(13(2,7)8,14(3,9)10)15(4,11)12/h5H2,1-4H3. The zero-order valence-electron chi connectivity index (χ0n) is 8.88. The maximum Gasteiger partial charge on any atom is 0.271 e. The van der Waals surface area contributed by atoms with Gasteiger partial charge in [0.2, 0.25) is 0 Å². The molecule has 0 aromatic heterocycles. The second kappa shape index (κ2) is 3.70. The zero-order valence-corrected chi connectivity index (χ0v) is 11.3. The van der Waals surface area contributed by atoms with E-state index < -0.39 is 39.3 Å². The average molecular weight is 278 g/mol. The van der Waals surface area contributed by atoms with Gasteiger partial charge in [0.1, 0.15) is 0 Å². The Labute approximate surface area is 90.4 Å². The molecule has 0 atom stereocenters. The first kappa shape index (κ1) is 14.8. The molecule has 92 valence electrons. The molecule has 0 fully saturated rings. The lowest BCUT2D eigenvalue weighted by molar-refractivity contribution is 0.552. The molecule has 0 aliphatic carbocycles. The highest BCUT2D eigenvalue weighted by atomic mass is 32.3. The van der Waals surface area contributed by atoms with Gasteiger partial charge in [-0.3, -0.25) is 0 Å². The highest BCUT2D eigenvalue weighted by Crippen LogP contribution is 2.32. The minimum atomic E-state index is -4.27. The molecule has 0 amide bonds. The van der Waals surface area contributed by atoms with Crippen molar-refractivity contribution in [3.8, 4) is 0 Å². The minimum Gasteiger partial charge on any atom is -0.226 e. The van der Waals surface area contributed by atoms with Crippen molar-refractivity contribution in [3.05, 3.63) is 0 Å². The van der Waals surface area contributed by atoms with Crippen molar-refractivity contribution < 1.29 is 25.3 Å². The SMILES string of the molecule is CCC(S(C)(=O)=O)(S(C)(=O)=O)S(C)(=O)=O. The Hall–Kier alpha value is -0.150. The lowest BCUT2D eigenvalue weighted by Gasteiger charge is -2.26. The summed E-state index contributed by atoms with van der Waals surface area (Å²) in [6.07, 6.45) is 1.30. The predicted octanol–water partition coefficient (Wildman–Crippen LogP) is -0.816. The Kier molecular flexibility index (Phi) is 3.67. The van der Waals surface area contributed by atoms with Crippen LogP contribution in [-0.4, -0.2) is 47.4 Å². The molecule has 0 unspecified atom stereocenters. The highest BCUT2D eigenvalue weighted by molar-refractivity contribution is 8.25. The molecule has 0 aliphatic rings. The van der Waals surface area contributed by atoms with Crippen LogP contribution in [0.5, 0.6) is 0 Å². The van der Waals surface area contributed by atoms with Gasteiger partial charge in [-0.25, -0.2) is 25.3 Å². The molecule has 15 heavy (non-hydrogen) atoms. The predicted molar refractivity (Wildman–Crippen MR) is 57.6 cm³/mol. The molecule has 0 bridgehead atoms. The van der Waals surface area contributed by atoms with E-state index >= 15 is 0 Å². The minimum absolute atomic E-state index is 0.524. The van der Waals surface area contributed by atoms with Crippen LogP contribution in [0, 0.1) is 0 Å². The maximum absolute atomic E-state index is 11.4. The van der Waals surface area contributed by atoms with Crippen LogP contribution in [0.3, 0.4) is 0 Å². The largest absolute Gasteiger partial charge is 0.271 e. The first-order valence-corrected chi connectivity index (χ1v) is 9.57. The second-order valence-corrected chi connectivity index (χ2v) is 10.9. The molecular weight excluding hydrogens is 264 g/mol. The third kappa shape index (κ3) is 2.18. The first-order valence-electron chi connectivity index (χ1n) is 3.90. The van der Waals surface area contributed by atoms with Gasteiger partial charge in [-0.15, -0.1) is 0 Å². The molecule has 6 nitrogen and oxygen atoms in total. The van der Waals surface area contributed by atoms with Gasteiger partial charge < -0.3 is 0 Å². The second-order valence-electron chi connectivity index (χ2n) is 3.35. The van der Waals surface area contributed by atoms with E-state index in [0.717, 1.165) is 0 Å². The third-order valence-electron chi connectivity index (χ3n) is 2.13. The van der Waals surface area contributed by atoms with Crippen molar-refractivity contribution in [2.24, 2.45) is 0 Å². The van der Waals surface area contributed by atoms with Gasteiger partial charge in [0.05, 0.1) is 0 Å². The van der Waals surface area contributed by atoms with Gasteiger partial charge in [0.15, 0.2) is 29.5 Å². The van der Waals surface area contributed by atoms with Crippen LogP contribution in [0.4, 0.5) is 0 Å². The summed E-state index contributed by atoms with van der Waals surface area (Å²) >= 11 is 0. The lowest BCUT2D eigenvalue weighted by atomic mass is 10.6. The molecule has 0 saturated heterocycles. The quantitative estimate of drug-likeness (QED) is 0.666. The van der Waals surface area contributed by atoms with E-state index in [1.54, 1.807) is 0 Å². The van der Waals surface area contributed by atoms with E-state index in [9.17, 15) is 25.3 Å². The van der Waals surface area contributed by atoms with E-state index in [0.29, 0.717) is 18.8 Å². The molecule has 0 heterocycles. The van der Waals surface area contributed by atoms with Crippen molar-refractivity contribution in [2.75, 3.05) is 18.8 Å². The topological polar surface area (TPSA) is 102 Å². The van der Waals surface area contributed by atoms with Crippen molar-refractivity contribution in [3.63, 3.8) is 0 Å². The van der Waals surface area contributed by atoms with Crippen molar-refractivity contribution >= 4 is 29.5 Å². The monoisotopic (exact) mass is 278 g/mol. The third-order valence-corrected chi connectivity index (χ3v) is 11.8. The summed E-state index contributed by atoms with van der Waals surface area (Å²) in [5.41, 5.74) is 0. The molecule has 0 rings (SSSR count). The fourth-order valence-electron chi connectivity index (χ4n) is 1.61. The molecule has 0 spiro atoms. The Morgan fingerprint density at radius 3 is 0.933 bits per heavy atom. The van der Waals surface area contributed by atoms with Gasteiger partial charge >= 0.3 is 0 Å². The van der Waals surface area contributed by atoms with E-state index in [-0.39, 0.29) is 0 Å². The number of hydrogen-bond donors (Lipinski definition) is 0. The molecule has 0 N–H and O–H groups in total. The van der Waals surface area contributed by atoms with Crippen LogP contribution in [0.15, 0.2) is 0 Å².